The summed E-state index contributed by atoms with van der Waals surface area (Å²) < 4.78 is 25.0. The van der Waals surface area contributed by atoms with E-state index in [1.165, 1.54) is 0 Å². The van der Waals surface area contributed by atoms with E-state index < -0.39 is 0 Å². The number of ether oxygens (including phenoxy) is 4. The van der Waals surface area contributed by atoms with Crippen LogP contribution in [0.25, 0.3) is 0 Å². The SMILES string of the molecule is C[C@H]1CC[C@]2(C)O[C@H](c3ccccc3)OC[C@H]2O[C@H]2CCCO[C@@H]21. The molecule has 0 aromatic heterocycles. The summed E-state index contributed by atoms with van der Waals surface area (Å²) in [5.41, 5.74) is 0.765. The Morgan fingerprint density at radius 2 is 1.92 bits per heavy atom. The molecule has 0 aliphatic carbocycles. The minimum atomic E-state index is -0.310. The lowest BCUT2D eigenvalue weighted by Gasteiger charge is -2.49. The third kappa shape index (κ3) is 3.13. The number of hydrogen-bond acceptors (Lipinski definition) is 4. The molecule has 24 heavy (non-hydrogen) atoms. The number of hydrogen-bond donors (Lipinski definition) is 0. The predicted molar refractivity (Wildman–Crippen MR) is 90.7 cm³/mol. The zero-order valence-corrected chi connectivity index (χ0v) is 14.6. The molecule has 0 radical (unpaired) electrons. The van der Waals surface area contributed by atoms with Crippen LogP contribution in [-0.4, -0.2) is 37.1 Å². The van der Waals surface area contributed by atoms with Crippen molar-refractivity contribution in [1.82, 2.24) is 0 Å². The van der Waals surface area contributed by atoms with Gasteiger partial charge < -0.3 is 18.9 Å². The van der Waals surface area contributed by atoms with Crippen LogP contribution in [0.5, 0.6) is 0 Å². The second kappa shape index (κ2) is 6.75. The van der Waals surface area contributed by atoms with Gasteiger partial charge in [-0.15, -0.1) is 0 Å². The molecular weight excluding hydrogens is 304 g/mol. The summed E-state index contributed by atoms with van der Waals surface area (Å²) in [5, 5.41) is 0. The quantitative estimate of drug-likeness (QED) is 0.783. The number of fused-ring (bicyclic) bond motifs is 2. The van der Waals surface area contributed by atoms with Crippen LogP contribution in [-0.2, 0) is 18.9 Å². The van der Waals surface area contributed by atoms with Crippen molar-refractivity contribution in [2.45, 2.75) is 69.7 Å². The molecule has 0 spiro atoms. The first-order valence-electron chi connectivity index (χ1n) is 9.27. The van der Waals surface area contributed by atoms with E-state index in [9.17, 15) is 0 Å². The Morgan fingerprint density at radius 3 is 2.75 bits per heavy atom. The molecule has 4 rings (SSSR count). The fourth-order valence-electron chi connectivity index (χ4n) is 4.22. The van der Waals surface area contributed by atoms with Gasteiger partial charge in [0.05, 0.1) is 24.4 Å². The Hall–Kier alpha value is -0.940. The Labute approximate surface area is 144 Å². The molecule has 4 heteroatoms. The van der Waals surface area contributed by atoms with Gasteiger partial charge in [-0.2, -0.15) is 0 Å². The van der Waals surface area contributed by atoms with Crippen LogP contribution in [0.1, 0.15) is 51.4 Å². The minimum Gasteiger partial charge on any atom is -0.375 e. The van der Waals surface area contributed by atoms with E-state index in [0.717, 1.165) is 37.9 Å². The highest BCUT2D eigenvalue weighted by molar-refractivity contribution is 5.17. The predicted octanol–water partition coefficient (Wildman–Crippen LogP) is 3.85. The molecular formula is C20H28O4. The first-order chi connectivity index (χ1) is 11.7. The fraction of sp³-hybridized carbons (Fsp3) is 0.700. The molecule has 0 unspecified atom stereocenters. The molecule has 0 bridgehead atoms. The van der Waals surface area contributed by atoms with Gasteiger partial charge in [-0.3, -0.25) is 0 Å². The summed E-state index contributed by atoms with van der Waals surface area (Å²) >= 11 is 0. The van der Waals surface area contributed by atoms with Crippen molar-refractivity contribution in [2.75, 3.05) is 13.2 Å². The standard InChI is InChI=1S/C20H28O4/c1-14-10-11-20(2)17(23-16-9-6-12-21-18(14)16)13-22-19(24-20)15-7-4-3-5-8-15/h3-5,7-8,14,16-19H,6,9-13H2,1-2H3/t14-,16-,17+,18+,19+,20-/m0/s1. The average molecular weight is 332 g/mol. The smallest absolute Gasteiger partial charge is 0.184 e. The topological polar surface area (TPSA) is 36.9 Å². The van der Waals surface area contributed by atoms with Gasteiger partial charge in [0.15, 0.2) is 6.29 Å². The highest BCUT2D eigenvalue weighted by Crippen LogP contribution is 2.42. The van der Waals surface area contributed by atoms with E-state index in [1.54, 1.807) is 0 Å². The summed E-state index contributed by atoms with van der Waals surface area (Å²) in [7, 11) is 0. The molecule has 3 aliphatic heterocycles. The van der Waals surface area contributed by atoms with Crippen molar-refractivity contribution >= 4 is 0 Å². The van der Waals surface area contributed by atoms with Crippen molar-refractivity contribution < 1.29 is 18.9 Å². The molecule has 1 aromatic carbocycles. The van der Waals surface area contributed by atoms with Gasteiger partial charge in [0.2, 0.25) is 0 Å². The zero-order chi connectivity index (χ0) is 16.6. The van der Waals surface area contributed by atoms with Crippen LogP contribution >= 0.6 is 0 Å². The molecule has 0 saturated carbocycles. The number of rotatable bonds is 1. The van der Waals surface area contributed by atoms with Crippen molar-refractivity contribution in [3.05, 3.63) is 35.9 Å². The molecule has 1 aromatic rings. The molecule has 132 valence electrons. The van der Waals surface area contributed by atoms with Gasteiger partial charge in [-0.05, 0) is 38.5 Å². The van der Waals surface area contributed by atoms with Gasteiger partial charge in [-0.25, -0.2) is 0 Å². The minimum absolute atomic E-state index is 0.0286. The van der Waals surface area contributed by atoms with Gasteiger partial charge in [0.25, 0.3) is 0 Å². The third-order valence-electron chi connectivity index (χ3n) is 5.83. The molecule has 0 N–H and O–H groups in total. The second-order valence-electron chi connectivity index (χ2n) is 7.66. The van der Waals surface area contributed by atoms with Crippen molar-refractivity contribution in [2.24, 2.45) is 5.92 Å². The Morgan fingerprint density at radius 1 is 1.08 bits per heavy atom. The van der Waals surface area contributed by atoms with E-state index in [4.69, 9.17) is 18.9 Å². The Kier molecular flexibility index (Phi) is 4.65. The molecule has 3 aliphatic rings. The lowest BCUT2D eigenvalue weighted by molar-refractivity contribution is -0.326. The largest absolute Gasteiger partial charge is 0.375 e. The van der Waals surface area contributed by atoms with Gasteiger partial charge in [0.1, 0.15) is 6.10 Å². The monoisotopic (exact) mass is 332 g/mol. The molecule has 3 saturated heterocycles. The number of benzene rings is 1. The van der Waals surface area contributed by atoms with E-state index in [1.807, 2.05) is 18.2 Å². The van der Waals surface area contributed by atoms with E-state index >= 15 is 0 Å². The third-order valence-corrected chi connectivity index (χ3v) is 5.83. The summed E-state index contributed by atoms with van der Waals surface area (Å²) in [6, 6.07) is 10.2. The average Bonchev–Trinajstić information content (AvgIpc) is 2.62. The van der Waals surface area contributed by atoms with Crippen molar-refractivity contribution in [3.63, 3.8) is 0 Å². The van der Waals surface area contributed by atoms with Gasteiger partial charge in [0, 0.05) is 12.2 Å². The molecule has 3 fully saturated rings. The van der Waals surface area contributed by atoms with Crippen LogP contribution in [0.2, 0.25) is 0 Å². The molecule has 6 atom stereocenters. The fourth-order valence-corrected chi connectivity index (χ4v) is 4.22. The summed E-state index contributed by atoms with van der Waals surface area (Å²) in [6.07, 6.45) is 4.27. The van der Waals surface area contributed by atoms with E-state index in [0.29, 0.717) is 12.5 Å². The highest BCUT2D eigenvalue weighted by atomic mass is 16.7. The highest BCUT2D eigenvalue weighted by Gasteiger charge is 2.48. The Bertz CT molecular complexity index is 548. The summed E-state index contributed by atoms with van der Waals surface area (Å²) in [6.45, 7) is 5.91. The second-order valence-corrected chi connectivity index (χ2v) is 7.66. The zero-order valence-electron chi connectivity index (χ0n) is 14.6. The lowest BCUT2D eigenvalue weighted by Crippen LogP contribution is -2.57. The first kappa shape index (κ1) is 16.5. The van der Waals surface area contributed by atoms with E-state index in [-0.39, 0.29) is 30.2 Å². The van der Waals surface area contributed by atoms with Crippen LogP contribution in [0.15, 0.2) is 30.3 Å². The van der Waals surface area contributed by atoms with Crippen LogP contribution in [0.3, 0.4) is 0 Å². The van der Waals surface area contributed by atoms with Crippen molar-refractivity contribution in [3.8, 4) is 0 Å². The Balaban J connectivity index is 1.53. The molecule has 3 heterocycles. The maximum atomic E-state index is 6.48. The van der Waals surface area contributed by atoms with Crippen LogP contribution in [0, 0.1) is 5.92 Å². The summed E-state index contributed by atoms with van der Waals surface area (Å²) in [4.78, 5) is 0. The normalized spacial score (nSPS) is 43.2. The summed E-state index contributed by atoms with van der Waals surface area (Å²) in [5.74, 6) is 0.495. The van der Waals surface area contributed by atoms with Gasteiger partial charge >= 0.3 is 0 Å². The van der Waals surface area contributed by atoms with Crippen molar-refractivity contribution in [1.29, 1.82) is 0 Å². The molecule has 0 amide bonds. The van der Waals surface area contributed by atoms with Gasteiger partial charge in [-0.1, -0.05) is 37.3 Å². The maximum Gasteiger partial charge on any atom is 0.184 e. The lowest BCUT2D eigenvalue weighted by atomic mass is 9.82. The van der Waals surface area contributed by atoms with E-state index in [2.05, 4.69) is 26.0 Å². The molecule has 4 nitrogen and oxygen atoms in total. The van der Waals surface area contributed by atoms with Crippen LogP contribution in [0.4, 0.5) is 0 Å². The van der Waals surface area contributed by atoms with Crippen LogP contribution < -0.4 is 0 Å². The maximum absolute atomic E-state index is 6.48. The first-order valence-corrected chi connectivity index (χ1v) is 9.27.